The van der Waals surface area contributed by atoms with E-state index in [9.17, 15) is 4.79 Å². The van der Waals surface area contributed by atoms with Gasteiger partial charge in [0.15, 0.2) is 0 Å². The fraction of sp³-hybridized carbons (Fsp3) is 0.667. The van der Waals surface area contributed by atoms with E-state index in [0.29, 0.717) is 12.1 Å². The van der Waals surface area contributed by atoms with Crippen LogP contribution in [0.4, 0.5) is 0 Å². The molecule has 1 N–H and O–H groups in total. The molecule has 2 saturated heterocycles. The number of nitrogens with one attached hydrogen (secondary N) is 1. The lowest BCUT2D eigenvalue weighted by atomic mass is 9.92. The Balaban J connectivity index is 1.91. The van der Waals surface area contributed by atoms with Gasteiger partial charge in [0, 0.05) is 50.7 Å². The van der Waals surface area contributed by atoms with Gasteiger partial charge in [-0.25, -0.2) is 0 Å². The van der Waals surface area contributed by atoms with Gasteiger partial charge in [0.1, 0.15) is 6.04 Å². The molecule has 3 unspecified atom stereocenters. The maximum atomic E-state index is 13.3. The minimum Gasteiger partial charge on any atom is -0.338 e. The third-order valence-corrected chi connectivity index (χ3v) is 5.24. The fourth-order valence-electron chi connectivity index (χ4n) is 4.00. The molecule has 2 aliphatic rings. The third-order valence-electron chi connectivity index (χ3n) is 5.24. The number of likely N-dealkylation sites (tertiary alicyclic amines) is 1. The van der Waals surface area contributed by atoms with E-state index in [1.165, 1.54) is 19.3 Å². The number of hydrogen-bond donors (Lipinski definition) is 1. The molecule has 126 valence electrons. The highest BCUT2D eigenvalue weighted by Gasteiger charge is 2.38. The molecule has 5 nitrogen and oxygen atoms in total. The molecule has 2 aliphatic heterocycles. The topological polar surface area (TPSA) is 48.5 Å². The summed E-state index contributed by atoms with van der Waals surface area (Å²) in [6.45, 7) is 7.90. The van der Waals surface area contributed by atoms with E-state index < -0.39 is 0 Å². The van der Waals surface area contributed by atoms with Gasteiger partial charge in [-0.2, -0.15) is 0 Å². The van der Waals surface area contributed by atoms with Gasteiger partial charge >= 0.3 is 0 Å². The molecule has 0 bridgehead atoms. The Labute approximate surface area is 139 Å². The van der Waals surface area contributed by atoms with Gasteiger partial charge in [0.05, 0.1) is 0 Å². The summed E-state index contributed by atoms with van der Waals surface area (Å²) in [4.78, 5) is 21.9. The van der Waals surface area contributed by atoms with Crippen LogP contribution in [0.2, 0.25) is 0 Å². The average molecular weight is 316 g/mol. The molecule has 0 radical (unpaired) electrons. The molecule has 0 aliphatic carbocycles. The summed E-state index contributed by atoms with van der Waals surface area (Å²) >= 11 is 0. The van der Waals surface area contributed by atoms with E-state index in [1.807, 2.05) is 17.0 Å². The minimum atomic E-state index is -0.179. The zero-order valence-electron chi connectivity index (χ0n) is 14.2. The number of hydrogen-bond acceptors (Lipinski definition) is 4. The second kappa shape index (κ2) is 7.41. The summed E-state index contributed by atoms with van der Waals surface area (Å²) in [5.74, 6) is 0.248. The number of carbonyl (C=O) groups is 1. The maximum Gasteiger partial charge on any atom is 0.244 e. The average Bonchev–Trinajstić information content (AvgIpc) is 2.59. The highest BCUT2D eigenvalue weighted by Crippen LogP contribution is 2.33. The SMILES string of the molecule is CC1CCCC(C)N1C(C(=O)N1CCNCC1)c1ccncc1. The second-order valence-corrected chi connectivity index (χ2v) is 6.83. The van der Waals surface area contributed by atoms with Crippen LogP contribution in [0, 0.1) is 0 Å². The smallest absolute Gasteiger partial charge is 0.244 e. The lowest BCUT2D eigenvalue weighted by Crippen LogP contribution is -2.54. The number of carbonyl (C=O) groups excluding carboxylic acids is 1. The molecular weight excluding hydrogens is 288 g/mol. The summed E-state index contributed by atoms with van der Waals surface area (Å²) in [6.07, 6.45) is 7.19. The van der Waals surface area contributed by atoms with E-state index in [1.54, 1.807) is 12.4 Å². The van der Waals surface area contributed by atoms with Gasteiger partial charge in [-0.15, -0.1) is 0 Å². The number of piperazine rings is 1. The molecule has 1 amide bonds. The molecule has 3 heterocycles. The number of amides is 1. The Bertz CT molecular complexity index is 505. The fourth-order valence-corrected chi connectivity index (χ4v) is 4.00. The third kappa shape index (κ3) is 3.56. The standard InChI is InChI=1S/C18H28N4O/c1-14-4-3-5-15(2)22(14)17(16-6-8-19-9-7-16)18(23)21-12-10-20-11-13-21/h6-9,14-15,17,20H,3-5,10-13H2,1-2H3. The highest BCUT2D eigenvalue weighted by atomic mass is 16.2. The monoisotopic (exact) mass is 316 g/mol. The largest absolute Gasteiger partial charge is 0.338 e. The lowest BCUT2D eigenvalue weighted by Gasteiger charge is -2.45. The Morgan fingerprint density at radius 3 is 2.39 bits per heavy atom. The first-order valence-corrected chi connectivity index (χ1v) is 8.85. The van der Waals surface area contributed by atoms with Crippen molar-refractivity contribution >= 4 is 5.91 Å². The summed E-state index contributed by atoms with van der Waals surface area (Å²) in [6, 6.07) is 4.69. The van der Waals surface area contributed by atoms with Crippen molar-refractivity contribution in [3.05, 3.63) is 30.1 Å². The first kappa shape index (κ1) is 16.4. The molecule has 1 aromatic rings. The van der Waals surface area contributed by atoms with Crippen LogP contribution in [-0.2, 0) is 4.79 Å². The zero-order chi connectivity index (χ0) is 16.2. The van der Waals surface area contributed by atoms with Crippen molar-refractivity contribution in [1.29, 1.82) is 0 Å². The normalized spacial score (nSPS) is 27.7. The number of nitrogens with zero attached hydrogens (tertiary/aromatic N) is 3. The van der Waals surface area contributed by atoms with Crippen LogP contribution in [-0.4, -0.2) is 59.0 Å². The molecule has 0 aromatic carbocycles. The van der Waals surface area contributed by atoms with Gasteiger partial charge in [-0.05, 0) is 44.4 Å². The van der Waals surface area contributed by atoms with E-state index in [4.69, 9.17) is 0 Å². The summed E-state index contributed by atoms with van der Waals surface area (Å²) in [5, 5.41) is 3.33. The van der Waals surface area contributed by atoms with Crippen molar-refractivity contribution in [1.82, 2.24) is 20.1 Å². The quantitative estimate of drug-likeness (QED) is 0.924. The van der Waals surface area contributed by atoms with Crippen molar-refractivity contribution in [3.63, 3.8) is 0 Å². The van der Waals surface area contributed by atoms with Crippen molar-refractivity contribution in [2.75, 3.05) is 26.2 Å². The number of pyridine rings is 1. The van der Waals surface area contributed by atoms with E-state index in [-0.39, 0.29) is 11.9 Å². The van der Waals surface area contributed by atoms with Crippen LogP contribution >= 0.6 is 0 Å². The first-order chi connectivity index (χ1) is 11.2. The van der Waals surface area contributed by atoms with Crippen LogP contribution in [0.5, 0.6) is 0 Å². The summed E-state index contributed by atoms with van der Waals surface area (Å²) in [7, 11) is 0. The Morgan fingerprint density at radius 2 is 1.78 bits per heavy atom. The molecular formula is C18H28N4O. The Kier molecular flexibility index (Phi) is 5.28. The van der Waals surface area contributed by atoms with Crippen molar-refractivity contribution in [2.45, 2.75) is 51.2 Å². The number of piperidine rings is 1. The van der Waals surface area contributed by atoms with Crippen molar-refractivity contribution < 1.29 is 4.79 Å². The Morgan fingerprint density at radius 1 is 1.17 bits per heavy atom. The predicted molar refractivity (Wildman–Crippen MR) is 91.0 cm³/mol. The summed E-state index contributed by atoms with van der Waals surface area (Å²) in [5.41, 5.74) is 1.07. The van der Waals surface area contributed by atoms with Crippen LogP contribution in [0.25, 0.3) is 0 Å². The molecule has 3 atom stereocenters. The number of rotatable bonds is 3. The molecule has 0 saturated carbocycles. The molecule has 1 aromatic heterocycles. The lowest BCUT2D eigenvalue weighted by molar-refractivity contribution is -0.141. The molecule has 23 heavy (non-hydrogen) atoms. The van der Waals surface area contributed by atoms with Crippen molar-refractivity contribution in [3.8, 4) is 0 Å². The van der Waals surface area contributed by atoms with Gasteiger partial charge in [-0.1, -0.05) is 6.42 Å². The van der Waals surface area contributed by atoms with Crippen LogP contribution < -0.4 is 5.32 Å². The molecule has 3 rings (SSSR count). The second-order valence-electron chi connectivity index (χ2n) is 6.83. The highest BCUT2D eigenvalue weighted by molar-refractivity contribution is 5.83. The van der Waals surface area contributed by atoms with E-state index >= 15 is 0 Å². The Hall–Kier alpha value is -1.46. The maximum absolute atomic E-state index is 13.3. The van der Waals surface area contributed by atoms with E-state index in [2.05, 4.69) is 29.0 Å². The molecule has 5 heteroatoms. The summed E-state index contributed by atoms with van der Waals surface area (Å²) < 4.78 is 0. The van der Waals surface area contributed by atoms with E-state index in [0.717, 1.165) is 31.7 Å². The van der Waals surface area contributed by atoms with Crippen LogP contribution in [0.1, 0.15) is 44.7 Å². The van der Waals surface area contributed by atoms with Gasteiger partial charge in [0.25, 0.3) is 0 Å². The first-order valence-electron chi connectivity index (χ1n) is 8.85. The predicted octanol–water partition coefficient (Wildman–Crippen LogP) is 1.82. The zero-order valence-corrected chi connectivity index (χ0v) is 14.2. The van der Waals surface area contributed by atoms with Gasteiger partial charge in [0.2, 0.25) is 5.91 Å². The van der Waals surface area contributed by atoms with Gasteiger partial charge < -0.3 is 10.2 Å². The molecule has 0 spiro atoms. The van der Waals surface area contributed by atoms with Crippen molar-refractivity contribution in [2.24, 2.45) is 0 Å². The van der Waals surface area contributed by atoms with Gasteiger partial charge in [-0.3, -0.25) is 14.7 Å². The molecule has 2 fully saturated rings. The minimum absolute atomic E-state index is 0.179. The van der Waals surface area contributed by atoms with Crippen LogP contribution in [0.15, 0.2) is 24.5 Å². The van der Waals surface area contributed by atoms with Crippen LogP contribution in [0.3, 0.4) is 0 Å². The number of aromatic nitrogens is 1.